The molecule has 0 N–H and O–H groups in total. The molecule has 7 heteroatoms. The van der Waals surface area contributed by atoms with E-state index < -0.39 is 0 Å². The average Bonchev–Trinajstić information content (AvgIpc) is 3.18. The van der Waals surface area contributed by atoms with Crippen molar-refractivity contribution in [2.45, 2.75) is 52.5 Å². The molecular weight excluding hydrogens is 404 g/mol. The summed E-state index contributed by atoms with van der Waals surface area (Å²) in [5.74, 6) is 0.978. The molecule has 2 bridgehead atoms. The van der Waals surface area contributed by atoms with Crippen molar-refractivity contribution in [3.8, 4) is 0 Å². The molecule has 2 atom stereocenters. The molecule has 1 saturated carbocycles. The van der Waals surface area contributed by atoms with Crippen LogP contribution in [0.2, 0.25) is 5.02 Å². The molecule has 1 saturated heterocycles. The summed E-state index contributed by atoms with van der Waals surface area (Å²) in [6.45, 7) is 8.24. The monoisotopic (exact) mass is 432 g/mol. The number of anilines is 1. The molecule has 0 radical (unpaired) electrons. The van der Waals surface area contributed by atoms with Gasteiger partial charge in [-0.3, -0.25) is 4.79 Å². The molecule has 29 heavy (non-hydrogen) atoms. The maximum atomic E-state index is 13.1. The second-order valence-corrected chi connectivity index (χ2v) is 11.1. The molecule has 2 aromatic rings. The van der Waals surface area contributed by atoms with Crippen LogP contribution in [0.1, 0.15) is 51.4 Å². The summed E-state index contributed by atoms with van der Waals surface area (Å²) in [6.07, 6.45) is 4.09. The fourth-order valence-corrected chi connectivity index (χ4v) is 6.14. The Bertz CT molecular complexity index is 896. The van der Waals surface area contributed by atoms with Gasteiger partial charge in [0.05, 0.1) is 6.54 Å². The van der Waals surface area contributed by atoms with Gasteiger partial charge in [-0.05, 0) is 47.8 Å². The number of likely N-dealkylation sites (N-methyl/N-ethyl adjacent to an activating group) is 1. The van der Waals surface area contributed by atoms with Crippen LogP contribution in [0.3, 0.4) is 0 Å². The lowest BCUT2D eigenvalue weighted by Crippen LogP contribution is -2.42. The van der Waals surface area contributed by atoms with E-state index in [0.29, 0.717) is 24.4 Å². The molecule has 1 aliphatic carbocycles. The number of hydrogen-bond acceptors (Lipinski definition) is 5. The smallest absolute Gasteiger partial charge is 0.242 e. The lowest BCUT2D eigenvalue weighted by atomic mass is 9.65. The zero-order valence-electron chi connectivity index (χ0n) is 17.6. The van der Waals surface area contributed by atoms with E-state index in [1.807, 2.05) is 36.2 Å². The van der Waals surface area contributed by atoms with Crippen LogP contribution in [-0.2, 0) is 11.2 Å². The third-order valence-corrected chi connectivity index (χ3v) is 7.29. The number of carbonyl (C=O) groups excluding carboxylic acids is 1. The van der Waals surface area contributed by atoms with Crippen molar-refractivity contribution in [1.82, 2.24) is 14.3 Å². The lowest BCUT2D eigenvalue weighted by molar-refractivity contribution is -0.130. The van der Waals surface area contributed by atoms with Gasteiger partial charge in [-0.2, -0.15) is 4.37 Å². The van der Waals surface area contributed by atoms with Crippen molar-refractivity contribution < 1.29 is 4.79 Å². The highest BCUT2D eigenvalue weighted by atomic mass is 35.5. The molecule has 2 heterocycles. The predicted octanol–water partition coefficient (Wildman–Crippen LogP) is 4.65. The Morgan fingerprint density at radius 1 is 1.28 bits per heavy atom. The van der Waals surface area contributed by atoms with Crippen molar-refractivity contribution in [1.29, 1.82) is 0 Å². The fraction of sp³-hybridized carbons (Fsp3) is 0.591. The molecule has 1 aliphatic heterocycles. The first kappa shape index (κ1) is 20.6. The highest BCUT2D eigenvalue weighted by Gasteiger charge is 2.50. The van der Waals surface area contributed by atoms with Gasteiger partial charge in [0.1, 0.15) is 5.82 Å². The summed E-state index contributed by atoms with van der Waals surface area (Å²) in [5.41, 5.74) is 1.70. The van der Waals surface area contributed by atoms with E-state index in [1.165, 1.54) is 18.0 Å². The van der Waals surface area contributed by atoms with Crippen LogP contribution in [0.4, 0.5) is 5.13 Å². The zero-order valence-corrected chi connectivity index (χ0v) is 19.2. The van der Waals surface area contributed by atoms with Gasteiger partial charge in [0, 0.05) is 42.6 Å². The number of aromatic nitrogens is 2. The summed E-state index contributed by atoms with van der Waals surface area (Å²) in [6, 6.07) is 8.11. The van der Waals surface area contributed by atoms with Gasteiger partial charge in [-0.25, -0.2) is 4.98 Å². The Hall–Kier alpha value is -1.66. The first-order chi connectivity index (χ1) is 13.6. The molecule has 1 aromatic carbocycles. The van der Waals surface area contributed by atoms with Gasteiger partial charge >= 0.3 is 0 Å². The summed E-state index contributed by atoms with van der Waals surface area (Å²) in [7, 11) is 1.93. The van der Waals surface area contributed by atoms with E-state index in [9.17, 15) is 4.79 Å². The molecule has 1 amide bonds. The molecule has 4 rings (SSSR count). The van der Waals surface area contributed by atoms with Crippen molar-refractivity contribution in [3.63, 3.8) is 0 Å². The van der Waals surface area contributed by atoms with Crippen LogP contribution < -0.4 is 4.90 Å². The zero-order chi connectivity index (χ0) is 20.8. The van der Waals surface area contributed by atoms with E-state index in [4.69, 9.17) is 11.6 Å². The molecule has 156 valence electrons. The molecule has 0 spiro atoms. The minimum atomic E-state index is 0.202. The van der Waals surface area contributed by atoms with E-state index >= 15 is 0 Å². The SMILES string of the molecule is CN(CC(=O)N1CC2(C)CC1CC(C)(C)C2)c1nc(Cc2ccc(Cl)cc2)ns1. The maximum Gasteiger partial charge on any atom is 0.242 e. The van der Waals surface area contributed by atoms with Crippen molar-refractivity contribution in [3.05, 3.63) is 40.7 Å². The predicted molar refractivity (Wildman–Crippen MR) is 119 cm³/mol. The number of likely N-dealkylation sites (tertiary alicyclic amines) is 1. The van der Waals surface area contributed by atoms with Crippen LogP contribution in [0.25, 0.3) is 0 Å². The van der Waals surface area contributed by atoms with Crippen molar-refractivity contribution in [2.75, 3.05) is 25.0 Å². The summed E-state index contributed by atoms with van der Waals surface area (Å²) >= 11 is 7.30. The van der Waals surface area contributed by atoms with E-state index in [0.717, 1.165) is 40.9 Å². The molecule has 5 nitrogen and oxygen atoms in total. The first-order valence-electron chi connectivity index (χ1n) is 10.2. The number of amides is 1. The third-order valence-electron chi connectivity index (χ3n) is 6.17. The number of fused-ring (bicyclic) bond motifs is 2. The number of benzene rings is 1. The second kappa shape index (κ2) is 7.55. The third kappa shape index (κ3) is 4.58. The fourth-order valence-electron chi connectivity index (χ4n) is 5.37. The molecular formula is C22H29ClN4OS. The normalized spacial score (nSPS) is 25.3. The average molecular weight is 433 g/mol. The van der Waals surface area contributed by atoms with Gasteiger partial charge in [0.2, 0.25) is 11.0 Å². The van der Waals surface area contributed by atoms with Gasteiger partial charge < -0.3 is 9.80 Å². The van der Waals surface area contributed by atoms with E-state index in [1.54, 1.807) is 0 Å². The topological polar surface area (TPSA) is 49.3 Å². The second-order valence-electron chi connectivity index (χ2n) is 9.89. The van der Waals surface area contributed by atoms with Crippen LogP contribution in [-0.4, -0.2) is 46.3 Å². The van der Waals surface area contributed by atoms with Gasteiger partial charge in [-0.15, -0.1) is 0 Å². The summed E-state index contributed by atoms with van der Waals surface area (Å²) in [5, 5.41) is 1.51. The number of carbonyl (C=O) groups is 1. The molecule has 2 fully saturated rings. The van der Waals surface area contributed by atoms with Crippen LogP contribution in [0.5, 0.6) is 0 Å². The Balaban J connectivity index is 1.38. The minimum Gasteiger partial charge on any atom is -0.341 e. The maximum absolute atomic E-state index is 13.1. The highest BCUT2D eigenvalue weighted by Crippen LogP contribution is 2.52. The van der Waals surface area contributed by atoms with Crippen molar-refractivity contribution >= 4 is 34.2 Å². The Kier molecular flexibility index (Phi) is 5.36. The number of halogens is 1. The van der Waals surface area contributed by atoms with E-state index in [2.05, 4.69) is 35.0 Å². The Morgan fingerprint density at radius 2 is 2.00 bits per heavy atom. The van der Waals surface area contributed by atoms with Crippen LogP contribution >= 0.6 is 23.1 Å². The number of hydrogen-bond donors (Lipinski definition) is 0. The van der Waals surface area contributed by atoms with Gasteiger partial charge in [0.25, 0.3) is 0 Å². The summed E-state index contributed by atoms with van der Waals surface area (Å²) < 4.78 is 4.47. The standard InChI is InChI=1S/C22H29ClN4OS/c1-21(2)10-17-11-22(3,13-21)14-27(17)19(28)12-26(4)20-24-18(25-29-20)9-15-5-7-16(23)8-6-15/h5-8,17H,9-14H2,1-4H3. The molecule has 2 unspecified atom stereocenters. The molecule has 1 aromatic heterocycles. The number of rotatable bonds is 5. The summed E-state index contributed by atoms with van der Waals surface area (Å²) in [4.78, 5) is 21.8. The van der Waals surface area contributed by atoms with Gasteiger partial charge in [-0.1, -0.05) is 44.5 Å². The van der Waals surface area contributed by atoms with Crippen LogP contribution in [0, 0.1) is 10.8 Å². The van der Waals surface area contributed by atoms with Crippen LogP contribution in [0.15, 0.2) is 24.3 Å². The number of nitrogens with zero attached hydrogens (tertiary/aromatic N) is 4. The van der Waals surface area contributed by atoms with Gasteiger partial charge in [0.15, 0.2) is 0 Å². The Morgan fingerprint density at radius 3 is 2.72 bits per heavy atom. The molecule has 2 aliphatic rings. The minimum absolute atomic E-state index is 0.202. The van der Waals surface area contributed by atoms with Crippen molar-refractivity contribution in [2.24, 2.45) is 10.8 Å². The largest absolute Gasteiger partial charge is 0.341 e. The first-order valence-corrected chi connectivity index (χ1v) is 11.4. The highest BCUT2D eigenvalue weighted by molar-refractivity contribution is 7.09. The Labute approximate surface area is 182 Å². The lowest BCUT2D eigenvalue weighted by Gasteiger charge is -2.39. The quantitative estimate of drug-likeness (QED) is 0.690. The van der Waals surface area contributed by atoms with E-state index in [-0.39, 0.29) is 11.3 Å².